The number of urea groups is 1. The molecule has 1 heterocycles. The minimum absolute atomic E-state index is 0.104. The third-order valence-corrected chi connectivity index (χ3v) is 5.67. The minimum Gasteiger partial charge on any atom is -0.319 e. The van der Waals surface area contributed by atoms with Gasteiger partial charge in [-0.15, -0.1) is 0 Å². The zero-order chi connectivity index (χ0) is 22.6. The lowest BCUT2D eigenvalue weighted by Gasteiger charge is -2.22. The van der Waals surface area contributed by atoms with Crippen LogP contribution in [-0.2, 0) is 16.8 Å². The first kappa shape index (κ1) is 22.6. The van der Waals surface area contributed by atoms with Crippen LogP contribution in [-0.4, -0.2) is 29.2 Å². The van der Waals surface area contributed by atoms with Crippen molar-refractivity contribution >= 4 is 17.7 Å². The van der Waals surface area contributed by atoms with Crippen molar-refractivity contribution in [2.24, 2.45) is 0 Å². The van der Waals surface area contributed by atoms with Crippen LogP contribution in [0.4, 0.5) is 13.6 Å². The van der Waals surface area contributed by atoms with Crippen LogP contribution in [0.25, 0.3) is 0 Å². The van der Waals surface area contributed by atoms with Gasteiger partial charge in [0.05, 0.1) is 6.54 Å². The second kappa shape index (κ2) is 9.37. The Labute approximate surface area is 180 Å². The van der Waals surface area contributed by atoms with Gasteiger partial charge in [0.2, 0.25) is 0 Å². The lowest BCUT2D eigenvalue weighted by atomic mass is 9.92. The summed E-state index contributed by atoms with van der Waals surface area (Å²) in [4.78, 5) is 38.8. The van der Waals surface area contributed by atoms with E-state index in [1.165, 1.54) is 32.3 Å². The molecule has 1 atom stereocenters. The maximum absolute atomic E-state index is 13.6. The van der Waals surface area contributed by atoms with Crippen LogP contribution in [0.3, 0.4) is 0 Å². The van der Waals surface area contributed by atoms with Crippen molar-refractivity contribution in [3.8, 4) is 0 Å². The zero-order valence-corrected chi connectivity index (χ0v) is 17.7. The van der Waals surface area contributed by atoms with Crippen LogP contribution in [0, 0.1) is 11.6 Å². The largest absolute Gasteiger partial charge is 0.325 e. The minimum atomic E-state index is -1.58. The first-order valence-electron chi connectivity index (χ1n) is 10.5. The van der Waals surface area contributed by atoms with Crippen molar-refractivity contribution in [3.63, 3.8) is 0 Å². The number of imide groups is 1. The van der Waals surface area contributed by atoms with E-state index in [4.69, 9.17) is 0 Å². The number of rotatable bonds is 9. The van der Waals surface area contributed by atoms with E-state index < -0.39 is 35.7 Å². The second-order valence-electron chi connectivity index (χ2n) is 8.01. The SMILES string of the molecule is CCCCCCc1ccc(C(=O)CN2C(=O)NC(C)(c3ccc(F)c(F)c3)C2=O)cc1. The van der Waals surface area contributed by atoms with E-state index >= 15 is 0 Å². The highest BCUT2D eigenvalue weighted by molar-refractivity contribution is 6.11. The molecule has 2 aromatic rings. The molecule has 1 fully saturated rings. The van der Waals surface area contributed by atoms with Gasteiger partial charge in [0, 0.05) is 5.56 Å². The van der Waals surface area contributed by atoms with Gasteiger partial charge in [-0.3, -0.25) is 14.5 Å². The number of ketones is 1. The Morgan fingerprint density at radius 2 is 1.71 bits per heavy atom. The molecule has 1 saturated heterocycles. The molecule has 0 bridgehead atoms. The molecule has 0 aliphatic carbocycles. The smallest absolute Gasteiger partial charge is 0.319 e. The molecule has 7 heteroatoms. The molecule has 3 amide bonds. The van der Waals surface area contributed by atoms with E-state index in [2.05, 4.69) is 12.2 Å². The number of hydrogen-bond donors (Lipinski definition) is 1. The number of unbranched alkanes of at least 4 members (excludes halogenated alkanes) is 3. The number of carbonyl (C=O) groups excluding carboxylic acids is 3. The lowest BCUT2D eigenvalue weighted by molar-refractivity contribution is -0.130. The van der Waals surface area contributed by atoms with Gasteiger partial charge < -0.3 is 5.32 Å². The van der Waals surface area contributed by atoms with Gasteiger partial charge in [-0.1, -0.05) is 56.5 Å². The summed E-state index contributed by atoms with van der Waals surface area (Å²) < 4.78 is 26.9. The van der Waals surface area contributed by atoms with Crippen LogP contribution in [0.2, 0.25) is 0 Å². The van der Waals surface area contributed by atoms with E-state index in [1.54, 1.807) is 12.1 Å². The van der Waals surface area contributed by atoms with Gasteiger partial charge in [0.25, 0.3) is 5.91 Å². The van der Waals surface area contributed by atoms with Gasteiger partial charge in [0.15, 0.2) is 17.4 Å². The third kappa shape index (κ3) is 4.81. The fourth-order valence-electron chi connectivity index (χ4n) is 3.69. The molecule has 0 radical (unpaired) electrons. The van der Waals surface area contributed by atoms with Crippen LogP contribution in [0.15, 0.2) is 42.5 Å². The van der Waals surface area contributed by atoms with E-state index in [0.29, 0.717) is 5.56 Å². The zero-order valence-electron chi connectivity index (χ0n) is 17.7. The third-order valence-electron chi connectivity index (χ3n) is 5.67. The van der Waals surface area contributed by atoms with E-state index in [0.717, 1.165) is 35.4 Å². The maximum Gasteiger partial charge on any atom is 0.325 e. The fourth-order valence-corrected chi connectivity index (χ4v) is 3.69. The molecular weight excluding hydrogens is 402 g/mol. The number of carbonyl (C=O) groups is 3. The highest BCUT2D eigenvalue weighted by Gasteiger charge is 2.49. The molecule has 0 aromatic heterocycles. The average molecular weight is 428 g/mol. The standard InChI is InChI=1S/C24H26F2N2O3/c1-3-4-5-6-7-16-8-10-17(11-9-16)21(29)15-28-22(30)24(2,27-23(28)31)18-12-13-19(25)20(26)14-18/h8-14H,3-7,15H2,1-2H3,(H,27,31). The number of nitrogens with one attached hydrogen (secondary N) is 1. The number of benzene rings is 2. The van der Waals surface area contributed by atoms with E-state index in [1.807, 2.05) is 12.1 Å². The first-order chi connectivity index (χ1) is 14.8. The molecule has 1 N–H and O–H groups in total. The predicted octanol–water partition coefficient (Wildman–Crippen LogP) is 4.74. The molecule has 5 nitrogen and oxygen atoms in total. The molecule has 164 valence electrons. The molecule has 1 unspecified atom stereocenters. The quantitative estimate of drug-likeness (QED) is 0.357. The van der Waals surface area contributed by atoms with Crippen molar-refractivity contribution in [2.45, 2.75) is 51.5 Å². The monoisotopic (exact) mass is 428 g/mol. The van der Waals surface area contributed by atoms with Crippen molar-refractivity contribution < 1.29 is 23.2 Å². The molecule has 1 aliphatic heterocycles. The Morgan fingerprint density at radius 3 is 2.35 bits per heavy atom. The van der Waals surface area contributed by atoms with Crippen molar-refractivity contribution in [3.05, 3.63) is 70.8 Å². The molecule has 3 rings (SSSR count). The normalized spacial score (nSPS) is 18.4. The number of amides is 3. The van der Waals surface area contributed by atoms with Gasteiger partial charge in [-0.05, 0) is 43.0 Å². The number of halogens is 2. The Morgan fingerprint density at radius 1 is 1.00 bits per heavy atom. The van der Waals surface area contributed by atoms with Crippen LogP contribution in [0.1, 0.15) is 61.0 Å². The highest BCUT2D eigenvalue weighted by Crippen LogP contribution is 2.30. The summed E-state index contributed by atoms with van der Waals surface area (Å²) in [6.07, 6.45) is 5.57. The Hall–Kier alpha value is -3.09. The van der Waals surface area contributed by atoms with Crippen molar-refractivity contribution in [1.82, 2.24) is 10.2 Å². The summed E-state index contributed by atoms with van der Waals surface area (Å²) in [5.74, 6) is -3.24. The van der Waals surface area contributed by atoms with Gasteiger partial charge in [-0.25, -0.2) is 13.6 Å². The summed E-state index contributed by atoms with van der Waals surface area (Å²) in [7, 11) is 0. The predicted molar refractivity (Wildman–Crippen MR) is 113 cm³/mol. The molecule has 1 aliphatic rings. The summed E-state index contributed by atoms with van der Waals surface area (Å²) in [5.41, 5.74) is 0.0638. The summed E-state index contributed by atoms with van der Waals surface area (Å²) in [5, 5.41) is 2.49. The molecular formula is C24H26F2N2O3. The molecule has 31 heavy (non-hydrogen) atoms. The average Bonchev–Trinajstić information content (AvgIpc) is 2.97. The van der Waals surface area contributed by atoms with Crippen molar-refractivity contribution in [2.75, 3.05) is 6.54 Å². The Bertz CT molecular complexity index is 991. The fraction of sp³-hybridized carbons (Fsp3) is 0.375. The summed E-state index contributed by atoms with van der Waals surface area (Å²) >= 11 is 0. The van der Waals surface area contributed by atoms with Crippen LogP contribution >= 0.6 is 0 Å². The number of aryl methyl sites for hydroxylation is 1. The van der Waals surface area contributed by atoms with Gasteiger partial charge in [0.1, 0.15) is 5.54 Å². The number of Topliss-reactive ketones (excluding diaryl/α,β-unsaturated/α-hetero) is 1. The van der Waals surface area contributed by atoms with Crippen LogP contribution < -0.4 is 5.32 Å². The molecule has 2 aromatic carbocycles. The van der Waals surface area contributed by atoms with E-state index in [9.17, 15) is 23.2 Å². The Balaban J connectivity index is 1.68. The molecule has 0 saturated carbocycles. The summed E-state index contributed by atoms with van der Waals surface area (Å²) in [6, 6.07) is 9.42. The van der Waals surface area contributed by atoms with E-state index in [-0.39, 0.29) is 11.3 Å². The first-order valence-corrected chi connectivity index (χ1v) is 10.5. The summed E-state index contributed by atoms with van der Waals surface area (Å²) in [6.45, 7) is 3.13. The van der Waals surface area contributed by atoms with Gasteiger partial charge in [-0.2, -0.15) is 0 Å². The Kier molecular flexibility index (Phi) is 6.83. The lowest BCUT2D eigenvalue weighted by Crippen LogP contribution is -2.41. The topological polar surface area (TPSA) is 66.5 Å². The number of hydrogen-bond acceptors (Lipinski definition) is 3. The van der Waals surface area contributed by atoms with Crippen molar-refractivity contribution in [1.29, 1.82) is 0 Å². The second-order valence-corrected chi connectivity index (χ2v) is 8.01. The number of nitrogens with zero attached hydrogens (tertiary/aromatic N) is 1. The molecule has 0 spiro atoms. The highest BCUT2D eigenvalue weighted by atomic mass is 19.2. The van der Waals surface area contributed by atoms with Gasteiger partial charge >= 0.3 is 6.03 Å². The van der Waals surface area contributed by atoms with Crippen LogP contribution in [0.5, 0.6) is 0 Å². The maximum atomic E-state index is 13.6.